The zero-order chi connectivity index (χ0) is 13.1. The summed E-state index contributed by atoms with van der Waals surface area (Å²) in [7, 11) is 0. The fourth-order valence-corrected chi connectivity index (χ4v) is 2.77. The van der Waals surface area contributed by atoms with Crippen LogP contribution in [0.25, 0.3) is 11.0 Å². The highest BCUT2D eigenvalue weighted by molar-refractivity contribution is 5.77. The van der Waals surface area contributed by atoms with E-state index in [9.17, 15) is 0 Å². The number of furan rings is 1. The number of para-hydroxylation sites is 1. The van der Waals surface area contributed by atoms with E-state index >= 15 is 0 Å². The van der Waals surface area contributed by atoms with E-state index < -0.39 is 0 Å². The molecule has 19 heavy (non-hydrogen) atoms. The third kappa shape index (κ3) is 2.67. The van der Waals surface area contributed by atoms with Crippen molar-refractivity contribution in [1.29, 1.82) is 0 Å². The van der Waals surface area contributed by atoms with Crippen LogP contribution in [0.5, 0.6) is 0 Å². The second-order valence-electron chi connectivity index (χ2n) is 5.24. The Morgan fingerprint density at radius 3 is 3.00 bits per heavy atom. The van der Waals surface area contributed by atoms with Gasteiger partial charge in [0.05, 0.1) is 12.6 Å². The van der Waals surface area contributed by atoms with Gasteiger partial charge in [0.15, 0.2) is 0 Å². The summed E-state index contributed by atoms with van der Waals surface area (Å²) in [5.41, 5.74) is 0.972. The Balaban J connectivity index is 1.88. The number of hydrogen-bond donors (Lipinski definition) is 1. The van der Waals surface area contributed by atoms with Gasteiger partial charge in [-0.15, -0.1) is 0 Å². The Kier molecular flexibility index (Phi) is 3.85. The fourth-order valence-electron chi connectivity index (χ4n) is 2.77. The minimum Gasteiger partial charge on any atom is -0.459 e. The minimum atomic E-state index is 0.273. The molecule has 1 fully saturated rings. The number of rotatable bonds is 5. The first-order valence-corrected chi connectivity index (χ1v) is 7.18. The third-order valence-corrected chi connectivity index (χ3v) is 3.80. The fraction of sp³-hybridized carbons (Fsp3) is 0.500. The molecule has 0 spiro atoms. The topological polar surface area (TPSA) is 34.4 Å². The van der Waals surface area contributed by atoms with Gasteiger partial charge in [-0.2, -0.15) is 0 Å². The molecule has 0 radical (unpaired) electrons. The van der Waals surface area contributed by atoms with Gasteiger partial charge in [0.1, 0.15) is 11.3 Å². The van der Waals surface area contributed by atoms with Crippen molar-refractivity contribution in [2.24, 2.45) is 5.92 Å². The molecule has 0 amide bonds. The smallest absolute Gasteiger partial charge is 0.134 e. The maximum absolute atomic E-state index is 6.02. The maximum Gasteiger partial charge on any atom is 0.134 e. The second-order valence-corrected chi connectivity index (χ2v) is 5.24. The first-order valence-electron chi connectivity index (χ1n) is 7.18. The van der Waals surface area contributed by atoms with Crippen molar-refractivity contribution >= 4 is 11.0 Å². The Hall–Kier alpha value is -1.32. The predicted molar refractivity (Wildman–Crippen MR) is 76.2 cm³/mol. The van der Waals surface area contributed by atoms with Crippen LogP contribution in [0.4, 0.5) is 0 Å². The van der Waals surface area contributed by atoms with Crippen LogP contribution in [-0.2, 0) is 4.74 Å². The summed E-state index contributed by atoms with van der Waals surface area (Å²) < 4.78 is 11.6. The summed E-state index contributed by atoms with van der Waals surface area (Å²) in [6.07, 6.45) is 2.24. The molecule has 2 unspecified atom stereocenters. The van der Waals surface area contributed by atoms with E-state index in [1.807, 2.05) is 12.1 Å². The van der Waals surface area contributed by atoms with Crippen LogP contribution >= 0.6 is 0 Å². The van der Waals surface area contributed by atoms with Crippen molar-refractivity contribution in [3.05, 3.63) is 36.1 Å². The second kappa shape index (κ2) is 5.76. The lowest BCUT2D eigenvalue weighted by Crippen LogP contribution is -2.29. The van der Waals surface area contributed by atoms with Crippen LogP contribution in [0.1, 0.15) is 31.6 Å². The molecule has 0 aliphatic carbocycles. The van der Waals surface area contributed by atoms with E-state index in [4.69, 9.17) is 9.15 Å². The number of nitrogens with one attached hydrogen (secondary N) is 1. The van der Waals surface area contributed by atoms with Gasteiger partial charge in [-0.05, 0) is 31.5 Å². The molecule has 2 heterocycles. The number of benzene rings is 1. The lowest BCUT2D eigenvalue weighted by Gasteiger charge is -2.21. The molecule has 1 aliphatic heterocycles. The van der Waals surface area contributed by atoms with Crippen molar-refractivity contribution < 1.29 is 9.15 Å². The summed E-state index contributed by atoms with van der Waals surface area (Å²) in [4.78, 5) is 0. The highest BCUT2D eigenvalue weighted by atomic mass is 16.5. The standard InChI is InChI=1S/C16H21NO2/c1-2-8-17-16(13-7-9-18-11-13)15-10-12-5-3-4-6-14(12)19-15/h3-6,10,13,16-17H,2,7-9,11H2,1H3. The SMILES string of the molecule is CCCNC(c1cc2ccccc2o1)C1CCOC1. The molecule has 0 saturated carbocycles. The summed E-state index contributed by atoms with van der Waals surface area (Å²) in [6.45, 7) is 4.90. The molecule has 3 nitrogen and oxygen atoms in total. The first kappa shape index (κ1) is 12.7. The van der Waals surface area contributed by atoms with E-state index in [1.54, 1.807) is 0 Å². The Bertz CT molecular complexity index is 495. The van der Waals surface area contributed by atoms with Crippen molar-refractivity contribution in [3.63, 3.8) is 0 Å². The number of ether oxygens (including phenoxy) is 1. The Labute approximate surface area is 113 Å². The van der Waals surface area contributed by atoms with Crippen molar-refractivity contribution in [1.82, 2.24) is 5.32 Å². The quantitative estimate of drug-likeness (QED) is 0.892. The van der Waals surface area contributed by atoms with E-state index in [2.05, 4.69) is 30.4 Å². The molecule has 2 atom stereocenters. The van der Waals surface area contributed by atoms with E-state index in [0.717, 1.165) is 43.9 Å². The van der Waals surface area contributed by atoms with Gasteiger partial charge in [0.2, 0.25) is 0 Å². The van der Waals surface area contributed by atoms with Crippen LogP contribution in [0.3, 0.4) is 0 Å². The van der Waals surface area contributed by atoms with Gasteiger partial charge in [-0.25, -0.2) is 0 Å². The molecule has 2 aromatic rings. The molecule has 3 heteroatoms. The van der Waals surface area contributed by atoms with Gasteiger partial charge in [0.25, 0.3) is 0 Å². The van der Waals surface area contributed by atoms with E-state index in [-0.39, 0.29) is 6.04 Å². The lowest BCUT2D eigenvalue weighted by atomic mass is 9.96. The zero-order valence-electron chi connectivity index (χ0n) is 11.4. The maximum atomic E-state index is 6.02. The first-order chi connectivity index (χ1) is 9.38. The van der Waals surface area contributed by atoms with Gasteiger partial charge in [0, 0.05) is 17.9 Å². The Morgan fingerprint density at radius 2 is 2.26 bits per heavy atom. The zero-order valence-corrected chi connectivity index (χ0v) is 11.4. The van der Waals surface area contributed by atoms with E-state index in [0.29, 0.717) is 5.92 Å². The molecule has 102 valence electrons. The van der Waals surface area contributed by atoms with Crippen LogP contribution in [-0.4, -0.2) is 19.8 Å². The van der Waals surface area contributed by atoms with Crippen LogP contribution < -0.4 is 5.32 Å². The van der Waals surface area contributed by atoms with Gasteiger partial charge >= 0.3 is 0 Å². The average molecular weight is 259 g/mol. The average Bonchev–Trinajstić information content (AvgIpc) is 3.08. The number of hydrogen-bond acceptors (Lipinski definition) is 3. The Morgan fingerprint density at radius 1 is 1.37 bits per heavy atom. The highest BCUT2D eigenvalue weighted by Gasteiger charge is 2.29. The predicted octanol–water partition coefficient (Wildman–Crippen LogP) is 3.51. The van der Waals surface area contributed by atoms with Crippen LogP contribution in [0.15, 0.2) is 34.7 Å². The minimum absolute atomic E-state index is 0.273. The summed E-state index contributed by atoms with van der Waals surface area (Å²) in [5, 5.41) is 4.80. The van der Waals surface area contributed by atoms with Gasteiger partial charge in [-0.1, -0.05) is 25.1 Å². The van der Waals surface area contributed by atoms with Gasteiger partial charge < -0.3 is 14.5 Å². The molecular formula is C16H21NO2. The molecule has 1 saturated heterocycles. The third-order valence-electron chi connectivity index (χ3n) is 3.80. The molecule has 3 rings (SSSR count). The molecule has 1 aromatic carbocycles. The summed E-state index contributed by atoms with van der Waals surface area (Å²) in [5.74, 6) is 1.57. The summed E-state index contributed by atoms with van der Waals surface area (Å²) in [6, 6.07) is 10.6. The monoisotopic (exact) mass is 259 g/mol. The van der Waals surface area contributed by atoms with Gasteiger partial charge in [-0.3, -0.25) is 0 Å². The molecule has 1 N–H and O–H groups in total. The number of fused-ring (bicyclic) bond motifs is 1. The molecular weight excluding hydrogens is 238 g/mol. The van der Waals surface area contributed by atoms with Crippen LogP contribution in [0.2, 0.25) is 0 Å². The molecule has 1 aliphatic rings. The summed E-state index contributed by atoms with van der Waals surface area (Å²) >= 11 is 0. The van der Waals surface area contributed by atoms with E-state index in [1.165, 1.54) is 5.39 Å². The van der Waals surface area contributed by atoms with Crippen molar-refractivity contribution in [2.45, 2.75) is 25.8 Å². The van der Waals surface area contributed by atoms with Crippen LogP contribution in [0, 0.1) is 5.92 Å². The largest absolute Gasteiger partial charge is 0.459 e. The van der Waals surface area contributed by atoms with Crippen molar-refractivity contribution in [3.8, 4) is 0 Å². The highest BCUT2D eigenvalue weighted by Crippen LogP contribution is 2.32. The lowest BCUT2D eigenvalue weighted by molar-refractivity contribution is 0.173. The normalized spacial score (nSPS) is 21.0. The molecule has 1 aromatic heterocycles. The van der Waals surface area contributed by atoms with Crippen molar-refractivity contribution in [2.75, 3.05) is 19.8 Å². The molecule has 0 bridgehead atoms.